The third-order valence-corrected chi connectivity index (χ3v) is 0. The second-order valence-electron chi connectivity index (χ2n) is 0.992. The molecule has 0 aliphatic rings. The first-order valence-electron chi connectivity index (χ1n) is 2.12. The van der Waals surface area contributed by atoms with Gasteiger partial charge in [0, 0.05) is 0 Å². The van der Waals surface area contributed by atoms with E-state index in [1.165, 1.54) is 23.3 Å². The van der Waals surface area contributed by atoms with Gasteiger partial charge in [-0.3, -0.25) is 0 Å². The Kier molecular flexibility index (Phi) is 15.2. The van der Waals surface area contributed by atoms with Crippen molar-refractivity contribution in [3.05, 3.63) is 0 Å². The van der Waals surface area contributed by atoms with Crippen molar-refractivity contribution >= 4 is 8.03 Å². The molecule has 7 heavy (non-hydrogen) atoms. The van der Waals surface area contributed by atoms with E-state index >= 15 is 0 Å². The van der Waals surface area contributed by atoms with Crippen molar-refractivity contribution in [2.75, 3.05) is 6.66 Å². The molecule has 1 unspecified atom stereocenters. The van der Waals surface area contributed by atoms with Gasteiger partial charge in [-0.1, -0.05) is 0 Å². The van der Waals surface area contributed by atoms with Gasteiger partial charge < -0.3 is 9.46 Å². The molecule has 0 spiro atoms. The zero-order valence-electron chi connectivity index (χ0n) is 4.73. The normalized spacial score (nSPS) is 11.6. The Bertz CT molecular complexity index is 44.2. The molecule has 0 aliphatic heterocycles. The van der Waals surface area contributed by atoms with Crippen LogP contribution in [0.1, 0.15) is 6.92 Å². The van der Waals surface area contributed by atoms with E-state index in [1.807, 2.05) is 0 Å². The van der Waals surface area contributed by atoms with Gasteiger partial charge in [-0.05, 0) is 14.7 Å². The minimum atomic E-state index is -2.38. The molecule has 0 aromatic heterocycles. The molecule has 0 saturated carbocycles. The van der Waals surface area contributed by atoms with Crippen molar-refractivity contribution in [1.82, 2.24) is 0 Å². The van der Waals surface area contributed by atoms with Gasteiger partial charge in [0.15, 0.2) is 0 Å². The van der Waals surface area contributed by atoms with Crippen molar-refractivity contribution in [2.45, 2.75) is 11.9 Å². The van der Waals surface area contributed by atoms with Crippen LogP contribution in [0.3, 0.4) is 0 Å². The van der Waals surface area contributed by atoms with Crippen LogP contribution in [0.2, 0.25) is 5.02 Å². The zero-order valence-corrected chi connectivity index (χ0v) is 8.70. The predicted octanol–water partition coefficient (Wildman–Crippen LogP) is 0.423. The SMILES string of the molecule is C[CH2][Zn+].C[PH](=O)[O-]. The number of hydrogen-bond donors (Lipinski definition) is 0. The Labute approximate surface area is 54.9 Å². The van der Waals surface area contributed by atoms with Crippen LogP contribution in [-0.2, 0) is 22.9 Å². The summed E-state index contributed by atoms with van der Waals surface area (Å²) in [5.41, 5.74) is 0. The third kappa shape index (κ3) is 239. The molecule has 1 atom stereocenters. The van der Waals surface area contributed by atoms with Crippen molar-refractivity contribution in [3.63, 3.8) is 0 Å². The molecule has 0 rings (SSSR count). The van der Waals surface area contributed by atoms with Gasteiger partial charge in [-0.2, -0.15) is 0 Å². The van der Waals surface area contributed by atoms with E-state index in [1.54, 1.807) is 0 Å². The molecule has 0 heterocycles. The minimum absolute atomic E-state index is 1.16. The largest absolute Gasteiger partial charge is 0.802 e. The molecule has 0 aromatic carbocycles. The summed E-state index contributed by atoms with van der Waals surface area (Å²) in [6.45, 7) is 3.34. The van der Waals surface area contributed by atoms with Crippen LogP contribution in [-0.4, -0.2) is 6.66 Å². The van der Waals surface area contributed by atoms with Crippen LogP contribution in [0.15, 0.2) is 0 Å². The molecule has 0 aliphatic carbocycles. The van der Waals surface area contributed by atoms with Crippen LogP contribution in [0.5, 0.6) is 0 Å². The van der Waals surface area contributed by atoms with Crippen LogP contribution in [0.25, 0.3) is 0 Å². The summed E-state index contributed by atoms with van der Waals surface area (Å²) in [5.74, 6) is 0. The Hall–Kier alpha value is 0.813. The van der Waals surface area contributed by atoms with Crippen molar-refractivity contribution in [2.24, 2.45) is 0 Å². The Morgan fingerprint density at radius 1 is 1.86 bits per heavy atom. The average Bonchev–Trinajstić information content (AvgIpc) is 1.33. The monoisotopic (exact) mass is 172 g/mol. The van der Waals surface area contributed by atoms with Gasteiger partial charge >= 0.3 is 30.2 Å². The first kappa shape index (κ1) is 10.7. The minimum Gasteiger partial charge on any atom is -0.802 e. The fourth-order valence-electron chi connectivity index (χ4n) is 0. The molecule has 0 aromatic rings. The molecule has 4 heteroatoms. The summed E-state index contributed by atoms with van der Waals surface area (Å²) in [7, 11) is -2.38. The van der Waals surface area contributed by atoms with E-state index in [0.717, 1.165) is 6.66 Å². The summed E-state index contributed by atoms with van der Waals surface area (Å²) in [4.78, 5) is 9.07. The first-order chi connectivity index (χ1) is 3.15. The molecule has 0 bridgehead atoms. The van der Waals surface area contributed by atoms with E-state index in [2.05, 4.69) is 6.92 Å². The number of hydrogen-bond acceptors (Lipinski definition) is 2. The van der Waals surface area contributed by atoms with Crippen molar-refractivity contribution in [3.8, 4) is 0 Å². The average molecular weight is 173 g/mol. The summed E-state index contributed by atoms with van der Waals surface area (Å²) in [5, 5.41) is 1.38. The molecule has 0 amide bonds. The molecular formula is C3H9O2PZn. The van der Waals surface area contributed by atoms with Crippen LogP contribution in [0, 0.1) is 0 Å². The Morgan fingerprint density at radius 2 is 1.86 bits per heavy atom. The summed E-state index contributed by atoms with van der Waals surface area (Å²) >= 11 is 1.44. The summed E-state index contributed by atoms with van der Waals surface area (Å²) in [6, 6.07) is 0. The van der Waals surface area contributed by atoms with Gasteiger partial charge in [-0.25, -0.2) is 0 Å². The summed E-state index contributed by atoms with van der Waals surface area (Å²) in [6.07, 6.45) is 0. The molecular weight excluding hydrogens is 164 g/mol. The fraction of sp³-hybridized carbons (Fsp3) is 1.00. The van der Waals surface area contributed by atoms with Gasteiger partial charge in [-0.15, -0.1) is 0 Å². The van der Waals surface area contributed by atoms with Crippen molar-refractivity contribution < 1.29 is 27.8 Å². The van der Waals surface area contributed by atoms with Gasteiger partial charge in [0.2, 0.25) is 0 Å². The van der Waals surface area contributed by atoms with E-state index in [-0.39, 0.29) is 0 Å². The quantitative estimate of drug-likeness (QED) is 0.394. The van der Waals surface area contributed by atoms with E-state index in [9.17, 15) is 0 Å². The van der Waals surface area contributed by atoms with Gasteiger partial charge in [0.25, 0.3) is 0 Å². The maximum atomic E-state index is 9.07. The molecule has 0 N–H and O–H groups in total. The predicted molar refractivity (Wildman–Crippen MR) is 25.4 cm³/mol. The van der Waals surface area contributed by atoms with Crippen LogP contribution in [0.4, 0.5) is 0 Å². The summed E-state index contributed by atoms with van der Waals surface area (Å²) < 4.78 is 9.07. The standard InChI is InChI=1S/C2H5.CH5O2P.Zn/c1-2;1-4(2)3;/h1H2,2H3;4H,1H3,(H,2,3);/q;;+1/p-1. The molecule has 40 valence electrons. The van der Waals surface area contributed by atoms with Crippen molar-refractivity contribution in [1.29, 1.82) is 0 Å². The van der Waals surface area contributed by atoms with Crippen LogP contribution < -0.4 is 4.89 Å². The maximum Gasteiger partial charge on any atom is -0.00105 e. The second-order valence-corrected chi connectivity index (χ2v) is 4.07. The Balaban J connectivity index is 0. The maximum absolute atomic E-state index is 9.07. The fourth-order valence-corrected chi connectivity index (χ4v) is 0. The molecule has 0 fully saturated rings. The smallest absolute Gasteiger partial charge is 0.00105 e. The third-order valence-electron chi connectivity index (χ3n) is 0. The second kappa shape index (κ2) is 9.94. The van der Waals surface area contributed by atoms with Crippen LogP contribution >= 0.6 is 8.03 Å². The molecule has 0 saturated heterocycles. The Morgan fingerprint density at radius 3 is 1.86 bits per heavy atom. The van der Waals surface area contributed by atoms with E-state index in [4.69, 9.17) is 9.46 Å². The molecule has 0 radical (unpaired) electrons. The van der Waals surface area contributed by atoms with E-state index in [0.29, 0.717) is 0 Å². The number of rotatable bonds is 0. The van der Waals surface area contributed by atoms with Gasteiger partial charge in [0.1, 0.15) is 0 Å². The molecule has 2 nitrogen and oxygen atoms in total. The van der Waals surface area contributed by atoms with Gasteiger partial charge in [0.05, 0.1) is 0 Å². The zero-order chi connectivity index (χ0) is 6.28. The topological polar surface area (TPSA) is 40.1 Å². The first-order valence-corrected chi connectivity index (χ1v) is 6.03. The van der Waals surface area contributed by atoms with E-state index < -0.39 is 8.03 Å².